The van der Waals surface area contributed by atoms with E-state index in [9.17, 15) is 17.3 Å². The molecule has 3 aromatic carbocycles. The molecule has 1 nitrogen and oxygen atoms in total. The molecule has 4 aromatic rings. The molecule has 0 spiro atoms. The van der Waals surface area contributed by atoms with Crippen molar-refractivity contribution in [1.29, 1.82) is 0 Å². The van der Waals surface area contributed by atoms with Crippen LogP contribution >= 0.6 is 0 Å². The van der Waals surface area contributed by atoms with E-state index in [1.807, 2.05) is 18.2 Å². The van der Waals surface area contributed by atoms with Crippen LogP contribution in [0.4, 0.5) is 17.3 Å². The van der Waals surface area contributed by atoms with Crippen molar-refractivity contribution in [2.45, 2.75) is 6.42 Å². The molecule has 150 valence electrons. The van der Waals surface area contributed by atoms with Gasteiger partial charge in [-0.3, -0.25) is 0 Å². The molecular formula is C24H17BF4O. The van der Waals surface area contributed by atoms with Crippen LogP contribution in [0.3, 0.4) is 0 Å². The molecule has 1 aliphatic rings. The molecule has 0 aliphatic heterocycles. The van der Waals surface area contributed by atoms with E-state index in [1.54, 1.807) is 0 Å². The zero-order chi connectivity index (χ0) is 21.1. The molecule has 0 atom stereocenters. The summed E-state index contributed by atoms with van der Waals surface area (Å²) >= 11 is 0. The number of benzene rings is 3. The number of rotatable bonds is 2. The highest BCUT2D eigenvalue weighted by molar-refractivity contribution is 6.50. The minimum atomic E-state index is -6.00. The Labute approximate surface area is 171 Å². The van der Waals surface area contributed by atoms with Gasteiger partial charge in [-0.1, -0.05) is 66.7 Å². The van der Waals surface area contributed by atoms with Crippen LogP contribution in [0.1, 0.15) is 11.1 Å². The van der Waals surface area contributed by atoms with Crippen molar-refractivity contribution in [1.82, 2.24) is 0 Å². The summed E-state index contributed by atoms with van der Waals surface area (Å²) in [6, 6.07) is 31.7. The van der Waals surface area contributed by atoms with Gasteiger partial charge < -0.3 is 17.3 Å². The van der Waals surface area contributed by atoms with Gasteiger partial charge in [0.05, 0.1) is 22.8 Å². The van der Waals surface area contributed by atoms with Crippen molar-refractivity contribution in [3.05, 3.63) is 102 Å². The Balaban J connectivity index is 0.000000393. The summed E-state index contributed by atoms with van der Waals surface area (Å²) in [6.07, 6.45) is 0.925. The number of halogens is 4. The van der Waals surface area contributed by atoms with Crippen molar-refractivity contribution >= 4 is 7.25 Å². The summed E-state index contributed by atoms with van der Waals surface area (Å²) < 4.78 is 45.4. The molecule has 5 rings (SSSR count). The predicted molar refractivity (Wildman–Crippen MR) is 112 cm³/mol. The summed E-state index contributed by atoms with van der Waals surface area (Å²) in [5.74, 6) is 1.92. The Morgan fingerprint density at radius 3 is 1.80 bits per heavy atom. The topological polar surface area (TPSA) is 11.3 Å². The van der Waals surface area contributed by atoms with Gasteiger partial charge in [0.1, 0.15) is 0 Å². The van der Waals surface area contributed by atoms with Crippen molar-refractivity contribution in [2.75, 3.05) is 0 Å². The lowest BCUT2D eigenvalue weighted by molar-refractivity contribution is 0.368. The minimum Gasteiger partial charge on any atom is -0.418 e. The number of hydrogen-bond acceptors (Lipinski definition) is 0. The molecule has 0 radical (unpaired) electrons. The van der Waals surface area contributed by atoms with E-state index in [2.05, 4.69) is 72.8 Å². The van der Waals surface area contributed by atoms with Gasteiger partial charge in [0.25, 0.3) is 0 Å². The monoisotopic (exact) mass is 408 g/mol. The molecule has 0 amide bonds. The average molecular weight is 408 g/mol. The third-order valence-electron chi connectivity index (χ3n) is 4.86. The van der Waals surface area contributed by atoms with Crippen LogP contribution in [0, 0.1) is 0 Å². The second kappa shape index (κ2) is 8.15. The maximum atomic E-state index is 9.75. The van der Waals surface area contributed by atoms with Crippen LogP contribution < -0.4 is 0 Å². The third kappa shape index (κ3) is 4.43. The predicted octanol–water partition coefficient (Wildman–Crippen LogP) is 7.77. The first-order chi connectivity index (χ1) is 14.4. The van der Waals surface area contributed by atoms with Crippen LogP contribution in [-0.4, -0.2) is 7.25 Å². The molecule has 6 heteroatoms. The van der Waals surface area contributed by atoms with Gasteiger partial charge in [-0.05, 0) is 29.3 Å². The number of fused-ring (bicyclic) bond motifs is 3. The zero-order valence-corrected chi connectivity index (χ0v) is 15.9. The first-order valence-electron chi connectivity index (χ1n) is 9.46. The Morgan fingerprint density at radius 1 is 0.633 bits per heavy atom. The molecule has 0 N–H and O–H groups in total. The Morgan fingerprint density at radius 2 is 1.17 bits per heavy atom. The van der Waals surface area contributed by atoms with Gasteiger partial charge in [0, 0.05) is 12.0 Å². The fourth-order valence-corrected chi connectivity index (χ4v) is 3.64. The summed E-state index contributed by atoms with van der Waals surface area (Å²) in [4.78, 5) is 0. The lowest BCUT2D eigenvalue weighted by atomic mass is 9.97. The molecule has 0 bridgehead atoms. The molecule has 1 aromatic heterocycles. The van der Waals surface area contributed by atoms with Gasteiger partial charge in [0.15, 0.2) is 0 Å². The molecule has 0 saturated carbocycles. The summed E-state index contributed by atoms with van der Waals surface area (Å²) in [5.41, 5.74) is 7.44. The van der Waals surface area contributed by atoms with E-state index in [0.29, 0.717) is 0 Å². The molecule has 1 aliphatic carbocycles. The second-order valence-corrected chi connectivity index (χ2v) is 6.89. The highest BCUT2D eigenvalue weighted by atomic mass is 19.5. The summed E-state index contributed by atoms with van der Waals surface area (Å²) in [6.45, 7) is 0. The molecule has 0 fully saturated rings. The Bertz CT molecular complexity index is 1150. The van der Waals surface area contributed by atoms with Gasteiger partial charge in [0.2, 0.25) is 0 Å². The Hall–Kier alpha value is -3.41. The quantitative estimate of drug-likeness (QED) is 0.165. The van der Waals surface area contributed by atoms with Crippen molar-refractivity contribution in [3.63, 3.8) is 0 Å². The maximum Gasteiger partial charge on any atom is 0.673 e. The zero-order valence-electron chi connectivity index (χ0n) is 15.9. The fraction of sp³-hybridized carbons (Fsp3) is 0.0417. The third-order valence-corrected chi connectivity index (χ3v) is 4.86. The summed E-state index contributed by atoms with van der Waals surface area (Å²) in [5, 5.41) is 0. The van der Waals surface area contributed by atoms with Crippen molar-refractivity contribution in [2.24, 2.45) is 0 Å². The Kier molecular flexibility index (Phi) is 5.40. The van der Waals surface area contributed by atoms with Crippen molar-refractivity contribution < 1.29 is 21.7 Å². The van der Waals surface area contributed by atoms with Gasteiger partial charge in [-0.25, -0.2) is 4.42 Å². The summed E-state index contributed by atoms with van der Waals surface area (Å²) in [7, 11) is -6.00. The van der Waals surface area contributed by atoms with E-state index in [4.69, 9.17) is 4.42 Å². The fourth-order valence-electron chi connectivity index (χ4n) is 3.64. The lowest BCUT2D eigenvalue weighted by Crippen LogP contribution is -2.02. The molecule has 0 unspecified atom stereocenters. The lowest BCUT2D eigenvalue weighted by Gasteiger charge is -2.05. The molecule has 1 heterocycles. The normalized spacial score (nSPS) is 11.9. The van der Waals surface area contributed by atoms with Gasteiger partial charge in [-0.2, -0.15) is 0 Å². The second-order valence-electron chi connectivity index (χ2n) is 6.89. The van der Waals surface area contributed by atoms with E-state index in [1.165, 1.54) is 27.8 Å². The highest BCUT2D eigenvalue weighted by Crippen LogP contribution is 2.44. The standard InChI is InChI=1S/C24H17O.BF4/c1-3-9-17(10-4-1)21-16-23(18-11-5-2-6-12-18)25-24-20-14-8-7-13-19(20)15-22(21)24;2-1(3,4)5/h1-14,16H,15H2;/q+1;-1. The minimum absolute atomic E-state index is 0.912. The first kappa shape index (κ1) is 19.9. The van der Waals surface area contributed by atoms with Crippen LogP contribution in [0.2, 0.25) is 0 Å². The molecule has 0 saturated heterocycles. The van der Waals surface area contributed by atoms with Gasteiger partial charge in [-0.15, -0.1) is 0 Å². The van der Waals surface area contributed by atoms with Crippen LogP contribution in [0.15, 0.2) is 95.4 Å². The highest BCUT2D eigenvalue weighted by Gasteiger charge is 2.33. The van der Waals surface area contributed by atoms with E-state index in [0.717, 1.165) is 23.5 Å². The van der Waals surface area contributed by atoms with Crippen LogP contribution in [-0.2, 0) is 6.42 Å². The van der Waals surface area contributed by atoms with E-state index in [-0.39, 0.29) is 0 Å². The first-order valence-corrected chi connectivity index (χ1v) is 9.46. The largest absolute Gasteiger partial charge is 0.673 e. The van der Waals surface area contributed by atoms with Crippen molar-refractivity contribution in [3.8, 4) is 33.8 Å². The van der Waals surface area contributed by atoms with E-state index >= 15 is 0 Å². The smallest absolute Gasteiger partial charge is 0.418 e. The maximum absolute atomic E-state index is 9.75. The number of hydrogen-bond donors (Lipinski definition) is 0. The van der Waals surface area contributed by atoms with Crippen LogP contribution in [0.5, 0.6) is 0 Å². The SMILES string of the molecule is F[B-](F)(F)F.c1ccc(-c2cc(-c3ccccc3)c3c([o+]2)-c2ccccc2C3)cc1. The van der Waals surface area contributed by atoms with Crippen LogP contribution in [0.25, 0.3) is 33.8 Å². The van der Waals surface area contributed by atoms with Gasteiger partial charge >= 0.3 is 18.8 Å². The average Bonchev–Trinajstić information content (AvgIpc) is 3.12. The molecule has 30 heavy (non-hydrogen) atoms. The van der Waals surface area contributed by atoms with E-state index < -0.39 is 7.25 Å². The molecular weight excluding hydrogens is 391 g/mol.